The van der Waals surface area contributed by atoms with E-state index in [1.54, 1.807) is 18.2 Å². The van der Waals surface area contributed by atoms with E-state index in [1.807, 2.05) is 6.07 Å². The van der Waals surface area contributed by atoms with Crippen LogP contribution in [0.5, 0.6) is 5.75 Å². The molecule has 0 aromatic heterocycles. The van der Waals surface area contributed by atoms with E-state index in [1.165, 1.54) is 7.11 Å². The van der Waals surface area contributed by atoms with Crippen molar-refractivity contribution in [2.24, 2.45) is 0 Å². The fraction of sp³-hybridized carbons (Fsp3) is 0.417. The molecule has 0 spiro atoms. The van der Waals surface area contributed by atoms with Gasteiger partial charge >= 0.3 is 0 Å². The number of hydrogen-bond acceptors (Lipinski definition) is 4. The molecule has 0 bridgehead atoms. The van der Waals surface area contributed by atoms with Crippen LogP contribution in [0.25, 0.3) is 0 Å². The van der Waals surface area contributed by atoms with Crippen molar-refractivity contribution in [1.29, 1.82) is 5.26 Å². The molecule has 0 aliphatic carbocycles. The molecular formula is C12H14ClNO3. The summed E-state index contributed by atoms with van der Waals surface area (Å²) >= 11 is 5.96. The maximum atomic E-state index is 8.98. The van der Waals surface area contributed by atoms with Crippen LogP contribution in [-0.2, 0) is 4.74 Å². The smallest absolute Gasteiger partial charge is 0.169 e. The van der Waals surface area contributed by atoms with Gasteiger partial charge in [-0.2, -0.15) is 5.26 Å². The van der Waals surface area contributed by atoms with Crippen LogP contribution in [0.3, 0.4) is 0 Å². The Morgan fingerprint density at radius 2 is 2.29 bits per heavy atom. The van der Waals surface area contributed by atoms with Crippen LogP contribution in [0.15, 0.2) is 18.2 Å². The van der Waals surface area contributed by atoms with Crippen molar-refractivity contribution in [1.82, 2.24) is 0 Å². The minimum Gasteiger partial charge on any atom is -0.495 e. The van der Waals surface area contributed by atoms with Crippen LogP contribution in [0.1, 0.15) is 18.1 Å². The molecule has 1 aromatic carbocycles. The lowest BCUT2D eigenvalue weighted by Gasteiger charge is -2.12. The average Bonchev–Trinajstić information content (AvgIpc) is 2.35. The molecule has 5 heteroatoms. The third-order valence-electron chi connectivity index (χ3n) is 2.18. The largest absolute Gasteiger partial charge is 0.495 e. The van der Waals surface area contributed by atoms with Gasteiger partial charge in [-0.05, 0) is 24.1 Å². The zero-order valence-corrected chi connectivity index (χ0v) is 10.3. The second-order valence-electron chi connectivity index (χ2n) is 3.35. The predicted molar refractivity (Wildman–Crippen MR) is 64.0 cm³/mol. The van der Waals surface area contributed by atoms with Gasteiger partial charge in [0.1, 0.15) is 5.75 Å². The van der Waals surface area contributed by atoms with E-state index in [0.717, 1.165) is 0 Å². The molecule has 92 valence electrons. The van der Waals surface area contributed by atoms with Gasteiger partial charge in [-0.25, -0.2) is 0 Å². The van der Waals surface area contributed by atoms with E-state index in [0.29, 0.717) is 29.4 Å². The van der Waals surface area contributed by atoms with Gasteiger partial charge < -0.3 is 14.6 Å². The lowest BCUT2D eigenvalue weighted by molar-refractivity contribution is 0.0773. The van der Waals surface area contributed by atoms with Gasteiger partial charge in [0.25, 0.3) is 0 Å². The van der Waals surface area contributed by atoms with Gasteiger partial charge in [0.2, 0.25) is 0 Å². The Bertz CT molecular complexity index is 403. The van der Waals surface area contributed by atoms with Crippen LogP contribution < -0.4 is 4.74 Å². The number of ether oxygens (including phenoxy) is 2. The van der Waals surface area contributed by atoms with Crippen LogP contribution >= 0.6 is 11.6 Å². The molecule has 0 aliphatic heterocycles. The molecule has 0 fully saturated rings. The van der Waals surface area contributed by atoms with Crippen molar-refractivity contribution in [3.63, 3.8) is 0 Å². The molecule has 1 aromatic rings. The number of benzene rings is 1. The zero-order chi connectivity index (χ0) is 12.7. The molecule has 0 saturated carbocycles. The highest BCUT2D eigenvalue weighted by Gasteiger charge is 2.12. The predicted octanol–water partition coefficient (Wildman–Crippen LogP) is 2.31. The minimum atomic E-state index is -0.676. The van der Waals surface area contributed by atoms with Gasteiger partial charge in [-0.3, -0.25) is 0 Å². The van der Waals surface area contributed by atoms with Gasteiger partial charge in [-0.1, -0.05) is 17.7 Å². The summed E-state index contributed by atoms with van der Waals surface area (Å²) in [5, 5.41) is 18.1. The zero-order valence-electron chi connectivity index (χ0n) is 9.52. The van der Waals surface area contributed by atoms with Gasteiger partial charge in [0.15, 0.2) is 6.10 Å². The number of aliphatic hydroxyl groups excluding tert-OH is 1. The second-order valence-corrected chi connectivity index (χ2v) is 3.76. The topological polar surface area (TPSA) is 62.5 Å². The number of halogens is 1. The van der Waals surface area contributed by atoms with Gasteiger partial charge in [0, 0.05) is 6.61 Å². The molecule has 0 aliphatic rings. The summed E-state index contributed by atoms with van der Waals surface area (Å²) in [4.78, 5) is 0. The van der Waals surface area contributed by atoms with E-state index in [4.69, 9.17) is 31.4 Å². The number of nitriles is 1. The van der Waals surface area contributed by atoms with Crippen molar-refractivity contribution in [3.8, 4) is 11.8 Å². The molecule has 0 amide bonds. The molecule has 1 rings (SSSR count). The summed E-state index contributed by atoms with van der Waals surface area (Å²) in [7, 11) is 1.53. The number of aliphatic hydroxyl groups is 1. The molecule has 4 nitrogen and oxygen atoms in total. The van der Waals surface area contributed by atoms with Crippen molar-refractivity contribution < 1.29 is 14.6 Å². The first kappa shape index (κ1) is 13.8. The summed E-state index contributed by atoms with van der Waals surface area (Å²) in [6.07, 6.45) is -0.174. The van der Waals surface area contributed by atoms with Crippen LogP contribution in [0, 0.1) is 11.3 Å². The van der Waals surface area contributed by atoms with Crippen molar-refractivity contribution in [2.75, 3.05) is 20.3 Å². The highest BCUT2D eigenvalue weighted by molar-refractivity contribution is 6.32. The summed E-state index contributed by atoms with van der Waals surface area (Å²) in [5.41, 5.74) is 0.677. The minimum absolute atomic E-state index is 0.0432. The molecule has 1 atom stereocenters. The summed E-state index contributed by atoms with van der Waals surface area (Å²) in [6.45, 7) is 0.375. The lowest BCUT2D eigenvalue weighted by Crippen LogP contribution is -2.05. The maximum absolute atomic E-state index is 8.98. The molecule has 1 unspecified atom stereocenters. The van der Waals surface area contributed by atoms with E-state index < -0.39 is 6.10 Å². The highest BCUT2D eigenvalue weighted by Crippen LogP contribution is 2.28. The third kappa shape index (κ3) is 3.90. The van der Waals surface area contributed by atoms with Crippen molar-refractivity contribution in [3.05, 3.63) is 28.8 Å². The number of nitrogens with zero attached hydrogens (tertiary/aromatic N) is 1. The Balaban J connectivity index is 2.75. The first-order valence-corrected chi connectivity index (χ1v) is 5.56. The molecule has 17 heavy (non-hydrogen) atoms. The average molecular weight is 256 g/mol. The Morgan fingerprint density at radius 3 is 2.82 bits per heavy atom. The normalized spacial score (nSPS) is 11.9. The summed E-state index contributed by atoms with van der Waals surface area (Å²) in [6, 6.07) is 7.11. The fourth-order valence-electron chi connectivity index (χ4n) is 1.32. The SMILES string of the molecule is COc1ccc(C(C#N)OCCCO)cc1Cl. The Kier molecular flexibility index (Phi) is 5.78. The third-order valence-corrected chi connectivity index (χ3v) is 2.48. The molecule has 0 radical (unpaired) electrons. The molecule has 0 saturated heterocycles. The van der Waals surface area contributed by atoms with Crippen LogP contribution in [0.4, 0.5) is 0 Å². The quantitative estimate of drug-likeness (QED) is 0.793. The standard InChI is InChI=1S/C12H14ClNO3/c1-16-11-4-3-9(7-10(11)13)12(8-14)17-6-2-5-15/h3-4,7,12,15H,2,5-6H2,1H3. The number of methoxy groups -OCH3 is 1. The van der Waals surface area contributed by atoms with E-state index in [2.05, 4.69) is 0 Å². The molecular weight excluding hydrogens is 242 g/mol. The molecule has 0 heterocycles. The van der Waals surface area contributed by atoms with Gasteiger partial charge in [0.05, 0.1) is 24.8 Å². The highest BCUT2D eigenvalue weighted by atomic mass is 35.5. The van der Waals surface area contributed by atoms with E-state index in [-0.39, 0.29) is 6.61 Å². The van der Waals surface area contributed by atoms with E-state index >= 15 is 0 Å². The second kappa shape index (κ2) is 7.13. The first-order chi connectivity index (χ1) is 8.22. The summed E-state index contributed by atoms with van der Waals surface area (Å²) in [5.74, 6) is 0.558. The number of rotatable bonds is 6. The maximum Gasteiger partial charge on any atom is 0.169 e. The monoisotopic (exact) mass is 255 g/mol. The Labute approximate surface area is 105 Å². The van der Waals surface area contributed by atoms with Crippen LogP contribution in [0.2, 0.25) is 5.02 Å². The summed E-state index contributed by atoms with van der Waals surface area (Å²) < 4.78 is 10.3. The van der Waals surface area contributed by atoms with Gasteiger partial charge in [-0.15, -0.1) is 0 Å². The lowest BCUT2D eigenvalue weighted by atomic mass is 10.1. The first-order valence-electron chi connectivity index (χ1n) is 5.18. The Morgan fingerprint density at radius 1 is 1.53 bits per heavy atom. The number of hydrogen-bond donors (Lipinski definition) is 1. The van der Waals surface area contributed by atoms with E-state index in [9.17, 15) is 0 Å². The van der Waals surface area contributed by atoms with Crippen molar-refractivity contribution in [2.45, 2.75) is 12.5 Å². The Hall–Kier alpha value is -1.28. The van der Waals surface area contributed by atoms with Crippen molar-refractivity contribution >= 4 is 11.6 Å². The van der Waals surface area contributed by atoms with Crippen LogP contribution in [-0.4, -0.2) is 25.4 Å². The molecule has 1 N–H and O–H groups in total. The fourth-order valence-corrected chi connectivity index (χ4v) is 1.59.